The van der Waals surface area contributed by atoms with Gasteiger partial charge in [-0.3, -0.25) is 0 Å². The van der Waals surface area contributed by atoms with Crippen molar-refractivity contribution in [3.63, 3.8) is 0 Å². The molecule has 0 fully saturated rings. The monoisotopic (exact) mass is 579 g/mol. The number of furan rings is 2. The summed E-state index contributed by atoms with van der Waals surface area (Å²) >= 11 is 0. The largest absolute Gasteiger partial charge is 0.456 e. The summed E-state index contributed by atoms with van der Waals surface area (Å²) < 4.78 is 15.2. The Morgan fingerprint density at radius 3 is 2.18 bits per heavy atom. The molecule has 10 rings (SSSR count). The summed E-state index contributed by atoms with van der Waals surface area (Å²) in [6.45, 7) is 0. The van der Waals surface area contributed by atoms with Crippen molar-refractivity contribution in [1.29, 1.82) is 0 Å². The van der Waals surface area contributed by atoms with Gasteiger partial charge in [0, 0.05) is 55.0 Å². The van der Waals surface area contributed by atoms with Crippen molar-refractivity contribution >= 4 is 67.1 Å². The molecule has 0 N–H and O–H groups in total. The van der Waals surface area contributed by atoms with Crippen molar-refractivity contribution in [1.82, 2.24) is 14.5 Å². The molecule has 5 heteroatoms. The minimum absolute atomic E-state index is 0.675. The van der Waals surface area contributed by atoms with Crippen molar-refractivity contribution in [2.45, 2.75) is 12.8 Å². The molecule has 1 aliphatic carbocycles. The van der Waals surface area contributed by atoms with Crippen LogP contribution in [0.3, 0.4) is 0 Å². The molecule has 4 aromatic heterocycles. The van der Waals surface area contributed by atoms with Gasteiger partial charge in [-0.2, -0.15) is 0 Å². The summed E-state index contributed by atoms with van der Waals surface area (Å²) in [4.78, 5) is 10.1. The number of fused-ring (bicyclic) bond motifs is 9. The second kappa shape index (κ2) is 9.28. The summed E-state index contributed by atoms with van der Waals surface area (Å²) in [5, 5.41) is 6.97. The van der Waals surface area contributed by atoms with E-state index in [1.807, 2.05) is 60.7 Å². The second-order valence-electron chi connectivity index (χ2n) is 11.7. The first-order chi connectivity index (χ1) is 22.3. The van der Waals surface area contributed by atoms with Crippen molar-refractivity contribution in [2.24, 2.45) is 0 Å². The molecule has 5 nitrogen and oxygen atoms in total. The van der Waals surface area contributed by atoms with Gasteiger partial charge in [0.05, 0.1) is 5.52 Å². The van der Waals surface area contributed by atoms with Crippen LogP contribution in [0.1, 0.15) is 12.8 Å². The van der Waals surface area contributed by atoms with E-state index in [-0.39, 0.29) is 0 Å². The molecule has 0 atom stereocenters. The van der Waals surface area contributed by atoms with E-state index in [4.69, 9.17) is 18.8 Å². The first-order valence-electron chi connectivity index (χ1n) is 15.3. The van der Waals surface area contributed by atoms with Crippen LogP contribution < -0.4 is 10.6 Å². The summed E-state index contributed by atoms with van der Waals surface area (Å²) in [6.07, 6.45) is 6.77. The molecule has 0 aliphatic heterocycles. The van der Waals surface area contributed by atoms with Gasteiger partial charge in [0.15, 0.2) is 11.4 Å². The number of para-hydroxylation sites is 1. The van der Waals surface area contributed by atoms with Gasteiger partial charge in [0.1, 0.15) is 28.0 Å². The third-order valence-corrected chi connectivity index (χ3v) is 9.03. The fourth-order valence-electron chi connectivity index (χ4n) is 6.97. The zero-order valence-corrected chi connectivity index (χ0v) is 24.2. The molecule has 4 heterocycles. The van der Waals surface area contributed by atoms with E-state index in [9.17, 15) is 0 Å². The Morgan fingerprint density at radius 2 is 1.31 bits per heavy atom. The first-order valence-corrected chi connectivity index (χ1v) is 15.3. The fraction of sp³-hybridized carbons (Fsp3) is 0.0500. The highest BCUT2D eigenvalue weighted by molar-refractivity contribution is 6.11. The lowest BCUT2D eigenvalue weighted by Gasteiger charge is -2.08. The third kappa shape index (κ3) is 3.61. The molecule has 45 heavy (non-hydrogen) atoms. The quantitative estimate of drug-likeness (QED) is 0.210. The maximum atomic E-state index is 6.53. The summed E-state index contributed by atoms with van der Waals surface area (Å²) in [7, 11) is 0. The topological polar surface area (TPSA) is 57.0 Å². The van der Waals surface area contributed by atoms with Crippen LogP contribution in [0.15, 0.2) is 124 Å². The van der Waals surface area contributed by atoms with Crippen LogP contribution in [-0.4, -0.2) is 14.5 Å². The number of benzene rings is 5. The average Bonchev–Trinajstić information content (AvgIpc) is 3.76. The Labute approximate surface area is 257 Å². The lowest BCUT2D eigenvalue weighted by molar-refractivity contribution is 0.667. The van der Waals surface area contributed by atoms with Crippen molar-refractivity contribution < 1.29 is 8.83 Å². The maximum Gasteiger partial charge on any atom is 0.180 e. The minimum Gasteiger partial charge on any atom is -0.456 e. The van der Waals surface area contributed by atoms with Crippen LogP contribution >= 0.6 is 0 Å². The second-order valence-corrected chi connectivity index (χ2v) is 11.7. The van der Waals surface area contributed by atoms with Crippen molar-refractivity contribution in [3.8, 4) is 28.3 Å². The van der Waals surface area contributed by atoms with Gasteiger partial charge in [-0.25, -0.2) is 9.97 Å². The molecule has 0 radical (unpaired) electrons. The van der Waals surface area contributed by atoms with Gasteiger partial charge in [-0.1, -0.05) is 91.0 Å². The molecule has 0 saturated carbocycles. The van der Waals surface area contributed by atoms with Crippen LogP contribution in [0.2, 0.25) is 0 Å². The van der Waals surface area contributed by atoms with E-state index in [1.165, 1.54) is 16.0 Å². The lowest BCUT2D eigenvalue weighted by atomic mass is 10.1. The Bertz CT molecular complexity index is 2750. The molecular weight excluding hydrogens is 554 g/mol. The van der Waals surface area contributed by atoms with E-state index in [0.29, 0.717) is 11.4 Å². The molecule has 0 unspecified atom stereocenters. The lowest BCUT2D eigenvalue weighted by Crippen LogP contribution is -2.30. The predicted molar refractivity (Wildman–Crippen MR) is 182 cm³/mol. The van der Waals surface area contributed by atoms with Gasteiger partial charge in [-0.05, 0) is 43.2 Å². The normalized spacial score (nSPS) is 13.1. The Balaban J connectivity index is 1.27. The third-order valence-electron chi connectivity index (χ3n) is 9.03. The number of rotatable bonds is 3. The molecule has 9 aromatic rings. The smallest absolute Gasteiger partial charge is 0.180 e. The molecule has 0 bridgehead atoms. The predicted octanol–water partition coefficient (Wildman–Crippen LogP) is 8.91. The van der Waals surface area contributed by atoms with E-state index >= 15 is 0 Å². The fourth-order valence-corrected chi connectivity index (χ4v) is 6.97. The Hall–Kier alpha value is -5.94. The molecule has 1 aliphatic rings. The minimum atomic E-state index is 0.675. The highest BCUT2D eigenvalue weighted by Crippen LogP contribution is 2.37. The molecule has 212 valence electrons. The number of hydrogen-bond acceptors (Lipinski definition) is 4. The van der Waals surface area contributed by atoms with E-state index in [0.717, 1.165) is 79.3 Å². The zero-order chi connectivity index (χ0) is 29.5. The van der Waals surface area contributed by atoms with Crippen LogP contribution in [0.4, 0.5) is 0 Å². The summed E-state index contributed by atoms with van der Waals surface area (Å²) in [6, 6.07) is 39.5. The Morgan fingerprint density at radius 1 is 0.556 bits per heavy atom. The van der Waals surface area contributed by atoms with Crippen LogP contribution in [-0.2, 0) is 0 Å². The zero-order valence-electron chi connectivity index (χ0n) is 24.2. The van der Waals surface area contributed by atoms with Crippen LogP contribution in [0.5, 0.6) is 0 Å². The van der Waals surface area contributed by atoms with E-state index in [1.54, 1.807) is 0 Å². The summed E-state index contributed by atoms with van der Waals surface area (Å²) in [5.41, 5.74) is 9.00. The van der Waals surface area contributed by atoms with E-state index < -0.39 is 0 Å². The number of aromatic nitrogens is 3. The average molecular weight is 580 g/mol. The number of nitrogens with zero attached hydrogens (tertiary/aromatic N) is 3. The SMILES string of the molecule is C1=c2c(n(-c3ccc4oc5c(-c6ccccc6)nc(-c6ccccc6)nc5c4c3)c3cc4oc5ccccc5c4cc23)=CCC1. The van der Waals surface area contributed by atoms with Gasteiger partial charge in [-0.15, -0.1) is 0 Å². The standard InChI is InChI=1S/C40H25N3O2/c1-3-11-24(12-4-1)37-39-38(42-40(41-37)25-13-5-2-6-14-25)31-21-26(19-20-35(31)45-39)43-32-17-9-7-15-27(32)29-22-30-28-16-8-10-18-34(28)44-36(30)23-33(29)43/h1-6,8,10-23H,7,9H2. The van der Waals surface area contributed by atoms with Crippen molar-refractivity contribution in [3.05, 3.63) is 126 Å². The van der Waals surface area contributed by atoms with Crippen molar-refractivity contribution in [2.75, 3.05) is 0 Å². The molecule has 0 saturated heterocycles. The van der Waals surface area contributed by atoms with Crippen LogP contribution in [0, 0.1) is 0 Å². The highest BCUT2D eigenvalue weighted by atomic mass is 16.3. The van der Waals surface area contributed by atoms with Gasteiger partial charge in [0.25, 0.3) is 0 Å². The number of hydrogen-bond donors (Lipinski definition) is 0. The van der Waals surface area contributed by atoms with Gasteiger partial charge in [0.2, 0.25) is 0 Å². The summed E-state index contributed by atoms with van der Waals surface area (Å²) in [5.74, 6) is 0.675. The highest BCUT2D eigenvalue weighted by Gasteiger charge is 2.20. The molecule has 5 aromatic carbocycles. The first kappa shape index (κ1) is 24.5. The van der Waals surface area contributed by atoms with Gasteiger partial charge < -0.3 is 13.4 Å². The van der Waals surface area contributed by atoms with Crippen LogP contribution in [0.25, 0.3) is 95.4 Å². The maximum absolute atomic E-state index is 6.53. The van der Waals surface area contributed by atoms with Gasteiger partial charge >= 0.3 is 0 Å². The molecular formula is C40H25N3O2. The van der Waals surface area contributed by atoms with E-state index in [2.05, 4.69) is 71.3 Å². The molecule has 0 amide bonds. The molecule has 0 spiro atoms. The Kier molecular flexibility index (Phi) is 5.05.